The molecule has 5 nitrogen and oxygen atoms in total. The van der Waals surface area contributed by atoms with Crippen molar-refractivity contribution in [3.05, 3.63) is 28.8 Å². The van der Waals surface area contributed by atoms with Crippen molar-refractivity contribution in [1.82, 2.24) is 0 Å². The molecule has 0 heterocycles. The Bertz CT molecular complexity index is 439. The summed E-state index contributed by atoms with van der Waals surface area (Å²) >= 11 is 5.91. The van der Waals surface area contributed by atoms with Crippen LogP contribution in [-0.2, 0) is 14.3 Å². The van der Waals surface area contributed by atoms with Gasteiger partial charge in [-0.15, -0.1) is 0 Å². The summed E-state index contributed by atoms with van der Waals surface area (Å²) in [5.74, 6) is -1.21. The van der Waals surface area contributed by atoms with Crippen LogP contribution in [0.5, 0.6) is 5.75 Å². The van der Waals surface area contributed by atoms with Gasteiger partial charge in [-0.25, -0.2) is 9.59 Å². The van der Waals surface area contributed by atoms with E-state index in [0.29, 0.717) is 10.8 Å². The van der Waals surface area contributed by atoms with E-state index in [-0.39, 0.29) is 0 Å². The largest absolute Gasteiger partial charge is 0.480 e. The van der Waals surface area contributed by atoms with Gasteiger partial charge in [0.2, 0.25) is 0 Å². The number of esters is 2. The molecule has 1 aromatic carbocycles. The van der Waals surface area contributed by atoms with Gasteiger partial charge in [0, 0.05) is 0 Å². The van der Waals surface area contributed by atoms with E-state index in [2.05, 4.69) is 4.74 Å². The number of carbonyl (C=O) groups is 2. The number of hydrogen-bond acceptors (Lipinski definition) is 5. The minimum atomic E-state index is -0.851. The zero-order valence-corrected chi connectivity index (χ0v) is 10.9. The van der Waals surface area contributed by atoms with E-state index in [9.17, 15) is 9.59 Å². The lowest BCUT2D eigenvalue weighted by molar-refractivity contribution is -0.161. The number of aryl methyl sites for hydroxylation is 1. The van der Waals surface area contributed by atoms with Gasteiger partial charge >= 0.3 is 11.9 Å². The lowest BCUT2D eigenvalue weighted by atomic mass is 10.2. The Hall–Kier alpha value is -1.59. The van der Waals surface area contributed by atoms with Gasteiger partial charge in [-0.05, 0) is 25.5 Å². The van der Waals surface area contributed by atoms with Crippen LogP contribution >= 0.6 is 11.6 Å². The van der Waals surface area contributed by atoms with E-state index < -0.39 is 24.6 Å². The van der Waals surface area contributed by atoms with Crippen LogP contribution in [0.1, 0.15) is 12.5 Å². The van der Waals surface area contributed by atoms with Gasteiger partial charge in [0.05, 0.1) is 5.02 Å². The van der Waals surface area contributed by atoms with Gasteiger partial charge in [-0.1, -0.05) is 23.7 Å². The minimum Gasteiger partial charge on any atom is -0.480 e. The Morgan fingerprint density at radius 3 is 2.67 bits per heavy atom. The number of hydrogen-bond donors (Lipinski definition) is 1. The molecule has 1 atom stereocenters. The molecule has 18 heavy (non-hydrogen) atoms. The van der Waals surface area contributed by atoms with Crippen molar-refractivity contribution >= 4 is 23.5 Å². The van der Waals surface area contributed by atoms with Crippen molar-refractivity contribution in [1.29, 1.82) is 0 Å². The van der Waals surface area contributed by atoms with Crippen LogP contribution in [0.4, 0.5) is 0 Å². The highest BCUT2D eigenvalue weighted by Crippen LogP contribution is 2.27. The Morgan fingerprint density at radius 2 is 2.11 bits per heavy atom. The fraction of sp³-hybridized carbons (Fsp3) is 0.333. The Morgan fingerprint density at radius 1 is 1.44 bits per heavy atom. The van der Waals surface area contributed by atoms with Crippen LogP contribution in [0.2, 0.25) is 5.02 Å². The minimum absolute atomic E-state index is 0.390. The maximum atomic E-state index is 11.3. The molecule has 0 unspecified atom stereocenters. The maximum absolute atomic E-state index is 11.3. The number of para-hydroxylation sites is 1. The number of halogens is 1. The lowest BCUT2D eigenvalue weighted by Gasteiger charge is -2.10. The van der Waals surface area contributed by atoms with Crippen LogP contribution in [0.3, 0.4) is 0 Å². The first kappa shape index (κ1) is 14.5. The third-order valence-corrected chi connectivity index (χ3v) is 2.38. The average Bonchev–Trinajstić information content (AvgIpc) is 2.28. The van der Waals surface area contributed by atoms with Gasteiger partial charge in [0.1, 0.15) is 11.8 Å². The molecule has 0 aliphatic carbocycles. The number of rotatable bonds is 4. The van der Waals surface area contributed by atoms with Gasteiger partial charge < -0.3 is 15.2 Å². The summed E-state index contributed by atoms with van der Waals surface area (Å²) in [6, 6.07) is 4.35. The molecule has 0 aliphatic heterocycles. The standard InChI is InChI=1S/C12H14ClNO4/c1-7-4-3-5-9(13)11(7)17-6-10(15)18-12(16)8(2)14/h3-5,8H,6,14H2,1-2H3/t8-/m0/s1. The van der Waals surface area contributed by atoms with Gasteiger partial charge in [0.25, 0.3) is 0 Å². The first-order valence-electron chi connectivity index (χ1n) is 5.30. The molecule has 0 saturated carbocycles. The van der Waals surface area contributed by atoms with E-state index >= 15 is 0 Å². The quantitative estimate of drug-likeness (QED) is 0.662. The van der Waals surface area contributed by atoms with E-state index in [1.54, 1.807) is 25.1 Å². The molecule has 2 N–H and O–H groups in total. The normalized spacial score (nSPS) is 11.8. The predicted molar refractivity (Wildman–Crippen MR) is 66.4 cm³/mol. The highest BCUT2D eigenvalue weighted by Gasteiger charge is 2.15. The Labute approximate surface area is 110 Å². The highest BCUT2D eigenvalue weighted by molar-refractivity contribution is 6.32. The second-order valence-corrected chi connectivity index (χ2v) is 4.16. The molecule has 1 rings (SSSR count). The van der Waals surface area contributed by atoms with Crippen LogP contribution in [-0.4, -0.2) is 24.6 Å². The number of benzene rings is 1. The SMILES string of the molecule is Cc1cccc(Cl)c1OCC(=O)OC(=O)[C@H](C)N. The monoisotopic (exact) mass is 271 g/mol. The molecule has 0 amide bonds. The third-order valence-electron chi connectivity index (χ3n) is 2.08. The second kappa shape index (κ2) is 6.37. The molecule has 0 saturated heterocycles. The third kappa shape index (κ3) is 4.01. The molecular formula is C12H14ClNO4. The molecule has 0 radical (unpaired) electrons. The van der Waals surface area contributed by atoms with E-state index in [0.717, 1.165) is 5.56 Å². The molecule has 0 spiro atoms. The zero-order valence-electron chi connectivity index (χ0n) is 10.1. The molecule has 1 aromatic rings. The smallest absolute Gasteiger partial charge is 0.351 e. The van der Waals surface area contributed by atoms with Crippen molar-refractivity contribution in [2.75, 3.05) is 6.61 Å². The highest BCUT2D eigenvalue weighted by atomic mass is 35.5. The second-order valence-electron chi connectivity index (χ2n) is 3.76. The van der Waals surface area contributed by atoms with E-state index in [1.165, 1.54) is 6.92 Å². The summed E-state index contributed by atoms with van der Waals surface area (Å²) in [4.78, 5) is 22.3. The summed E-state index contributed by atoms with van der Waals surface area (Å²) in [6.07, 6.45) is 0. The molecule has 0 fully saturated rings. The van der Waals surface area contributed by atoms with Crippen LogP contribution in [0.25, 0.3) is 0 Å². The Kier molecular flexibility index (Phi) is 5.12. The van der Waals surface area contributed by atoms with E-state index in [1.807, 2.05) is 0 Å². The van der Waals surface area contributed by atoms with Crippen LogP contribution in [0, 0.1) is 6.92 Å². The summed E-state index contributed by atoms with van der Waals surface area (Å²) in [5, 5.41) is 0.390. The van der Waals surface area contributed by atoms with Crippen molar-refractivity contribution in [3.63, 3.8) is 0 Å². The van der Waals surface area contributed by atoms with Crippen molar-refractivity contribution in [2.45, 2.75) is 19.9 Å². The molecule has 0 aliphatic rings. The van der Waals surface area contributed by atoms with Crippen molar-refractivity contribution in [3.8, 4) is 5.75 Å². The number of ether oxygens (including phenoxy) is 2. The topological polar surface area (TPSA) is 78.6 Å². The first-order valence-corrected chi connectivity index (χ1v) is 5.67. The first-order chi connectivity index (χ1) is 8.41. The van der Waals surface area contributed by atoms with Crippen LogP contribution < -0.4 is 10.5 Å². The van der Waals surface area contributed by atoms with Gasteiger partial charge in [0.15, 0.2) is 6.61 Å². The summed E-state index contributed by atoms with van der Waals surface area (Å²) in [5.41, 5.74) is 6.04. The predicted octanol–water partition coefficient (Wildman–Crippen LogP) is 1.44. The van der Waals surface area contributed by atoms with Crippen molar-refractivity contribution < 1.29 is 19.1 Å². The Balaban J connectivity index is 2.55. The van der Waals surface area contributed by atoms with E-state index in [4.69, 9.17) is 22.1 Å². The fourth-order valence-corrected chi connectivity index (χ4v) is 1.44. The maximum Gasteiger partial charge on any atom is 0.351 e. The summed E-state index contributed by atoms with van der Waals surface area (Å²) in [7, 11) is 0. The van der Waals surface area contributed by atoms with Crippen LogP contribution in [0.15, 0.2) is 18.2 Å². The zero-order chi connectivity index (χ0) is 13.7. The summed E-state index contributed by atoms with van der Waals surface area (Å²) in [6.45, 7) is 2.82. The molecular weight excluding hydrogens is 258 g/mol. The fourth-order valence-electron chi connectivity index (χ4n) is 1.17. The molecule has 0 aromatic heterocycles. The average molecular weight is 272 g/mol. The summed E-state index contributed by atoms with van der Waals surface area (Å²) < 4.78 is 9.65. The van der Waals surface area contributed by atoms with Gasteiger partial charge in [-0.2, -0.15) is 0 Å². The molecule has 98 valence electrons. The lowest BCUT2D eigenvalue weighted by Crippen LogP contribution is -2.32. The molecule has 6 heteroatoms. The molecule has 0 bridgehead atoms. The van der Waals surface area contributed by atoms with Gasteiger partial charge in [-0.3, -0.25) is 0 Å². The number of nitrogens with two attached hydrogens (primary N) is 1. The van der Waals surface area contributed by atoms with Crippen molar-refractivity contribution in [2.24, 2.45) is 5.73 Å². The number of carbonyl (C=O) groups excluding carboxylic acids is 2.